The van der Waals surface area contributed by atoms with Crippen molar-refractivity contribution < 1.29 is 14.0 Å². The zero-order valence-corrected chi connectivity index (χ0v) is 19.7. The van der Waals surface area contributed by atoms with Crippen LogP contribution in [-0.4, -0.2) is 32.3 Å². The third-order valence-electron chi connectivity index (χ3n) is 5.20. The second-order valence-corrected chi connectivity index (χ2v) is 8.46. The van der Waals surface area contributed by atoms with E-state index in [1.54, 1.807) is 36.6 Å². The van der Waals surface area contributed by atoms with Crippen molar-refractivity contribution in [1.29, 1.82) is 0 Å². The third kappa shape index (κ3) is 5.37. The van der Waals surface area contributed by atoms with Crippen molar-refractivity contribution in [2.75, 3.05) is 11.1 Å². The van der Waals surface area contributed by atoms with Crippen LogP contribution in [0, 0.1) is 0 Å². The van der Waals surface area contributed by atoms with Crippen LogP contribution in [0.15, 0.2) is 82.6 Å². The molecule has 1 atom stereocenters. The van der Waals surface area contributed by atoms with Crippen LogP contribution in [0.2, 0.25) is 0 Å². The van der Waals surface area contributed by atoms with E-state index in [9.17, 15) is 9.59 Å². The van der Waals surface area contributed by atoms with Gasteiger partial charge in [0.15, 0.2) is 16.7 Å². The predicted octanol–water partition coefficient (Wildman–Crippen LogP) is 4.78. The largest absolute Gasteiger partial charge is 0.461 e. The number of rotatable bonds is 9. The first kappa shape index (κ1) is 23.3. The summed E-state index contributed by atoms with van der Waals surface area (Å²) in [4.78, 5) is 25.6. The van der Waals surface area contributed by atoms with E-state index in [1.165, 1.54) is 11.8 Å². The molecule has 0 aliphatic heterocycles. The van der Waals surface area contributed by atoms with Crippen LogP contribution in [-0.2, 0) is 11.3 Å². The Hall–Kier alpha value is -3.85. The van der Waals surface area contributed by atoms with E-state index in [1.807, 2.05) is 54.8 Å². The van der Waals surface area contributed by atoms with E-state index in [0.717, 1.165) is 5.56 Å². The maximum atomic E-state index is 12.9. The first-order chi connectivity index (χ1) is 16.6. The normalized spacial score (nSPS) is 11.7. The number of nitrogens with zero attached hydrogens (tertiary/aromatic N) is 3. The van der Waals surface area contributed by atoms with Gasteiger partial charge in [-0.25, -0.2) is 0 Å². The van der Waals surface area contributed by atoms with Crippen LogP contribution in [0.4, 0.5) is 5.69 Å². The minimum atomic E-state index is -0.256. The summed E-state index contributed by atoms with van der Waals surface area (Å²) in [6.07, 6.45) is 1.58. The van der Waals surface area contributed by atoms with E-state index in [2.05, 4.69) is 20.8 Å². The number of carbonyl (C=O) groups excluding carboxylic acids is 2. The number of amides is 2. The molecule has 2 aromatic heterocycles. The van der Waals surface area contributed by atoms with Crippen LogP contribution in [0.25, 0.3) is 11.6 Å². The highest BCUT2D eigenvalue weighted by Crippen LogP contribution is 2.25. The Labute approximate surface area is 201 Å². The van der Waals surface area contributed by atoms with E-state index >= 15 is 0 Å². The fourth-order valence-electron chi connectivity index (χ4n) is 3.47. The minimum absolute atomic E-state index is 0.118. The van der Waals surface area contributed by atoms with Crippen molar-refractivity contribution in [1.82, 2.24) is 20.1 Å². The van der Waals surface area contributed by atoms with Crippen molar-refractivity contribution >= 4 is 29.3 Å². The van der Waals surface area contributed by atoms with Crippen molar-refractivity contribution in [3.63, 3.8) is 0 Å². The highest BCUT2D eigenvalue weighted by Gasteiger charge is 2.18. The van der Waals surface area contributed by atoms with Crippen molar-refractivity contribution in [3.05, 3.63) is 84.1 Å². The van der Waals surface area contributed by atoms with E-state index in [-0.39, 0.29) is 23.6 Å². The molecule has 174 valence electrons. The average molecular weight is 476 g/mol. The molecule has 0 fully saturated rings. The number of anilines is 1. The predicted molar refractivity (Wildman–Crippen MR) is 132 cm³/mol. The summed E-state index contributed by atoms with van der Waals surface area (Å²) in [7, 11) is 0. The number of furan rings is 1. The molecule has 34 heavy (non-hydrogen) atoms. The molecular weight excluding hydrogens is 450 g/mol. The van der Waals surface area contributed by atoms with E-state index in [0.29, 0.717) is 34.5 Å². The first-order valence-electron chi connectivity index (χ1n) is 10.9. The molecule has 4 rings (SSSR count). The molecule has 2 amide bonds. The monoisotopic (exact) mass is 475 g/mol. The molecule has 0 aliphatic rings. The Kier molecular flexibility index (Phi) is 7.44. The zero-order valence-electron chi connectivity index (χ0n) is 18.9. The van der Waals surface area contributed by atoms with E-state index < -0.39 is 0 Å². The molecule has 0 spiro atoms. The maximum absolute atomic E-state index is 12.9. The van der Waals surface area contributed by atoms with Crippen molar-refractivity contribution in [2.24, 2.45) is 0 Å². The highest BCUT2D eigenvalue weighted by atomic mass is 32.2. The average Bonchev–Trinajstić information content (AvgIpc) is 3.53. The van der Waals surface area contributed by atoms with Gasteiger partial charge in [0, 0.05) is 6.54 Å². The van der Waals surface area contributed by atoms with Gasteiger partial charge < -0.3 is 15.1 Å². The standard InChI is InChI=1S/C25H25N5O3S/c1-3-30-23(21-14-9-15-33-21)28-29-25(30)34-16-22(31)27-20-13-8-7-12-19(20)24(32)26-17(2)18-10-5-4-6-11-18/h4-15,17H,3,16H2,1-2H3,(H,26,32)(H,27,31). The lowest BCUT2D eigenvalue weighted by Crippen LogP contribution is -2.28. The first-order valence-corrected chi connectivity index (χ1v) is 11.9. The SMILES string of the molecule is CCn1c(SCC(=O)Nc2ccccc2C(=O)NC(C)c2ccccc2)nnc1-c1ccco1. The number of benzene rings is 2. The number of nitrogens with one attached hydrogen (secondary N) is 2. The van der Waals surface area contributed by atoms with Gasteiger partial charge in [0.1, 0.15) is 0 Å². The fourth-order valence-corrected chi connectivity index (χ4v) is 4.28. The Morgan fingerprint density at radius 1 is 1.03 bits per heavy atom. The second kappa shape index (κ2) is 10.8. The molecule has 0 radical (unpaired) electrons. The smallest absolute Gasteiger partial charge is 0.253 e. The molecule has 0 bridgehead atoms. The van der Waals surface area contributed by atoms with Gasteiger partial charge in [0.2, 0.25) is 5.91 Å². The number of hydrogen-bond donors (Lipinski definition) is 2. The van der Waals surface area contributed by atoms with Gasteiger partial charge in [0.25, 0.3) is 5.91 Å². The van der Waals surface area contributed by atoms with Gasteiger partial charge in [-0.2, -0.15) is 0 Å². The minimum Gasteiger partial charge on any atom is -0.461 e. The Morgan fingerprint density at radius 2 is 1.79 bits per heavy atom. The third-order valence-corrected chi connectivity index (χ3v) is 6.17. The number of hydrogen-bond acceptors (Lipinski definition) is 6. The summed E-state index contributed by atoms with van der Waals surface area (Å²) < 4.78 is 7.31. The van der Waals surface area contributed by atoms with Gasteiger partial charge in [-0.3, -0.25) is 14.2 Å². The molecule has 2 aromatic carbocycles. The van der Waals surface area contributed by atoms with Crippen molar-refractivity contribution in [2.45, 2.75) is 31.6 Å². The quantitative estimate of drug-likeness (QED) is 0.338. The lowest BCUT2D eigenvalue weighted by molar-refractivity contribution is -0.113. The molecule has 0 aliphatic carbocycles. The summed E-state index contributed by atoms with van der Waals surface area (Å²) >= 11 is 1.27. The summed E-state index contributed by atoms with van der Waals surface area (Å²) in [5.74, 6) is 0.854. The Morgan fingerprint density at radius 3 is 2.53 bits per heavy atom. The van der Waals surface area contributed by atoms with Crippen LogP contribution in [0.5, 0.6) is 0 Å². The van der Waals surface area contributed by atoms with Gasteiger partial charge in [0.05, 0.1) is 29.3 Å². The molecule has 0 saturated carbocycles. The molecule has 2 N–H and O–H groups in total. The molecule has 0 saturated heterocycles. The molecule has 1 unspecified atom stereocenters. The fraction of sp³-hybridized carbons (Fsp3) is 0.200. The molecule has 4 aromatic rings. The van der Waals surface area contributed by atoms with Crippen molar-refractivity contribution in [3.8, 4) is 11.6 Å². The summed E-state index contributed by atoms with van der Waals surface area (Å²) in [5.41, 5.74) is 1.86. The molecule has 9 heteroatoms. The number of para-hydroxylation sites is 1. The second-order valence-electron chi connectivity index (χ2n) is 7.52. The van der Waals surface area contributed by atoms with E-state index in [4.69, 9.17) is 4.42 Å². The van der Waals surface area contributed by atoms with Gasteiger partial charge in [-0.1, -0.05) is 54.2 Å². The molecular formula is C25H25N5O3S. The number of aromatic nitrogens is 3. The lowest BCUT2D eigenvalue weighted by Gasteiger charge is -2.16. The summed E-state index contributed by atoms with van der Waals surface area (Å²) in [6, 6.07) is 20.1. The van der Waals surface area contributed by atoms with Crippen LogP contribution in [0.1, 0.15) is 35.8 Å². The Balaban J connectivity index is 1.40. The van der Waals surface area contributed by atoms with Crippen LogP contribution in [0.3, 0.4) is 0 Å². The van der Waals surface area contributed by atoms with Gasteiger partial charge in [-0.05, 0) is 43.7 Å². The van der Waals surface area contributed by atoms with Gasteiger partial charge >= 0.3 is 0 Å². The summed E-state index contributed by atoms with van der Waals surface area (Å²) in [6.45, 7) is 4.53. The molecule has 8 nitrogen and oxygen atoms in total. The zero-order chi connectivity index (χ0) is 23.9. The summed E-state index contributed by atoms with van der Waals surface area (Å²) in [5, 5.41) is 14.9. The number of thioether (sulfide) groups is 1. The van der Waals surface area contributed by atoms with Crippen LogP contribution >= 0.6 is 11.8 Å². The lowest BCUT2D eigenvalue weighted by atomic mass is 10.1. The maximum Gasteiger partial charge on any atom is 0.253 e. The van der Waals surface area contributed by atoms with Gasteiger partial charge in [-0.15, -0.1) is 10.2 Å². The topological polar surface area (TPSA) is 102 Å². The Bertz CT molecular complexity index is 1250. The van der Waals surface area contributed by atoms with Crippen LogP contribution < -0.4 is 10.6 Å². The molecule has 2 heterocycles. The number of carbonyl (C=O) groups is 2. The highest BCUT2D eigenvalue weighted by molar-refractivity contribution is 7.99.